The van der Waals surface area contributed by atoms with Gasteiger partial charge in [-0.05, 0) is 36.6 Å². The van der Waals surface area contributed by atoms with Crippen molar-refractivity contribution in [2.75, 3.05) is 5.75 Å². The standard InChI is InChI=1S/C13H16F2O3S/c14-10-4-5-11(15)9(7-10)8-12(16)13-3-1-2-6-19(13,17)18/h4-5,7,12-13,16H,1-3,6,8H2. The van der Waals surface area contributed by atoms with E-state index in [0.717, 1.165) is 24.6 Å². The minimum atomic E-state index is -3.33. The Labute approximate surface area is 111 Å². The van der Waals surface area contributed by atoms with Gasteiger partial charge < -0.3 is 5.11 Å². The third-order valence-corrected chi connectivity index (χ3v) is 5.82. The predicted molar refractivity (Wildman–Crippen MR) is 67.5 cm³/mol. The van der Waals surface area contributed by atoms with Crippen LogP contribution in [0.25, 0.3) is 0 Å². The molecule has 2 unspecified atom stereocenters. The summed E-state index contributed by atoms with van der Waals surface area (Å²) in [7, 11) is -3.33. The largest absolute Gasteiger partial charge is 0.391 e. The van der Waals surface area contributed by atoms with Gasteiger partial charge in [0, 0.05) is 6.42 Å². The first kappa shape index (κ1) is 14.4. The monoisotopic (exact) mass is 290 g/mol. The second kappa shape index (κ2) is 5.54. The maximum atomic E-state index is 13.5. The normalized spacial score (nSPS) is 24.1. The van der Waals surface area contributed by atoms with Crippen molar-refractivity contribution in [1.29, 1.82) is 0 Å². The van der Waals surface area contributed by atoms with Crippen molar-refractivity contribution in [1.82, 2.24) is 0 Å². The SMILES string of the molecule is O=S1(=O)CCCCC1C(O)Cc1cc(F)ccc1F. The van der Waals surface area contributed by atoms with Crippen LogP contribution in [0.2, 0.25) is 0 Å². The Morgan fingerprint density at radius 1 is 1.32 bits per heavy atom. The summed E-state index contributed by atoms with van der Waals surface area (Å²) in [4.78, 5) is 0. The van der Waals surface area contributed by atoms with Gasteiger partial charge in [0.25, 0.3) is 0 Å². The van der Waals surface area contributed by atoms with Crippen molar-refractivity contribution in [3.63, 3.8) is 0 Å². The molecule has 106 valence electrons. The minimum Gasteiger partial charge on any atom is -0.391 e. The first-order chi connectivity index (χ1) is 8.90. The highest BCUT2D eigenvalue weighted by atomic mass is 32.2. The van der Waals surface area contributed by atoms with Gasteiger partial charge in [-0.25, -0.2) is 17.2 Å². The van der Waals surface area contributed by atoms with Crippen LogP contribution < -0.4 is 0 Å². The molecule has 1 fully saturated rings. The second-order valence-electron chi connectivity index (χ2n) is 4.91. The van der Waals surface area contributed by atoms with E-state index >= 15 is 0 Å². The summed E-state index contributed by atoms with van der Waals surface area (Å²) in [5, 5.41) is 9.14. The number of aliphatic hydroxyl groups is 1. The van der Waals surface area contributed by atoms with Gasteiger partial charge >= 0.3 is 0 Å². The van der Waals surface area contributed by atoms with E-state index in [1.54, 1.807) is 0 Å². The molecule has 6 heteroatoms. The molecule has 1 aromatic carbocycles. The average molecular weight is 290 g/mol. The van der Waals surface area contributed by atoms with Crippen LogP contribution >= 0.6 is 0 Å². The molecular formula is C13H16F2O3S. The van der Waals surface area contributed by atoms with E-state index in [2.05, 4.69) is 0 Å². The van der Waals surface area contributed by atoms with Crippen LogP contribution in [0.15, 0.2) is 18.2 Å². The van der Waals surface area contributed by atoms with Crippen LogP contribution in [-0.4, -0.2) is 30.6 Å². The first-order valence-corrected chi connectivity index (χ1v) is 7.95. The lowest BCUT2D eigenvalue weighted by atomic mass is 10.0. The molecule has 0 saturated carbocycles. The first-order valence-electron chi connectivity index (χ1n) is 6.24. The Morgan fingerprint density at radius 2 is 2.05 bits per heavy atom. The second-order valence-corrected chi connectivity index (χ2v) is 7.25. The number of aliphatic hydroxyl groups excluding tert-OH is 1. The molecule has 1 aliphatic heterocycles. The van der Waals surface area contributed by atoms with Gasteiger partial charge in [-0.15, -0.1) is 0 Å². The molecule has 2 atom stereocenters. The zero-order valence-corrected chi connectivity index (χ0v) is 11.2. The van der Waals surface area contributed by atoms with Gasteiger partial charge in [-0.2, -0.15) is 0 Å². The molecule has 2 rings (SSSR count). The lowest BCUT2D eigenvalue weighted by Gasteiger charge is -2.26. The lowest BCUT2D eigenvalue weighted by Crippen LogP contribution is -2.39. The Balaban J connectivity index is 2.16. The smallest absolute Gasteiger partial charge is 0.155 e. The summed E-state index contributed by atoms with van der Waals surface area (Å²) < 4.78 is 50.2. The van der Waals surface area contributed by atoms with E-state index in [1.807, 2.05) is 0 Å². The van der Waals surface area contributed by atoms with E-state index < -0.39 is 32.8 Å². The van der Waals surface area contributed by atoms with Gasteiger partial charge in [0.1, 0.15) is 11.6 Å². The quantitative estimate of drug-likeness (QED) is 0.924. The fraction of sp³-hybridized carbons (Fsp3) is 0.538. The van der Waals surface area contributed by atoms with Crippen LogP contribution in [0.1, 0.15) is 24.8 Å². The van der Waals surface area contributed by atoms with Crippen molar-refractivity contribution in [2.45, 2.75) is 37.0 Å². The number of hydrogen-bond donors (Lipinski definition) is 1. The molecule has 0 aromatic heterocycles. The molecule has 3 nitrogen and oxygen atoms in total. The summed E-state index contributed by atoms with van der Waals surface area (Å²) in [6, 6.07) is 2.96. The molecule has 0 spiro atoms. The van der Waals surface area contributed by atoms with Gasteiger partial charge in [0.15, 0.2) is 9.84 Å². The molecule has 1 N–H and O–H groups in total. The molecule has 1 heterocycles. The van der Waals surface area contributed by atoms with Crippen molar-refractivity contribution >= 4 is 9.84 Å². The van der Waals surface area contributed by atoms with Gasteiger partial charge in [0.05, 0.1) is 17.1 Å². The molecule has 1 aromatic rings. The lowest BCUT2D eigenvalue weighted by molar-refractivity contribution is 0.160. The highest BCUT2D eigenvalue weighted by Crippen LogP contribution is 2.25. The van der Waals surface area contributed by atoms with Crippen LogP contribution in [0.3, 0.4) is 0 Å². The maximum absolute atomic E-state index is 13.5. The molecule has 1 aliphatic rings. The Hall–Kier alpha value is -1.01. The Morgan fingerprint density at radius 3 is 2.74 bits per heavy atom. The van der Waals surface area contributed by atoms with Gasteiger partial charge in [-0.1, -0.05) is 6.42 Å². The molecule has 1 saturated heterocycles. The molecule has 0 radical (unpaired) electrons. The summed E-state index contributed by atoms with van der Waals surface area (Å²) in [5.74, 6) is -1.18. The Bertz CT molecular complexity index is 557. The summed E-state index contributed by atoms with van der Waals surface area (Å²) in [5.41, 5.74) is 0.00766. The van der Waals surface area contributed by atoms with Crippen LogP contribution in [-0.2, 0) is 16.3 Å². The van der Waals surface area contributed by atoms with Crippen LogP contribution in [0, 0.1) is 11.6 Å². The molecule has 0 amide bonds. The van der Waals surface area contributed by atoms with E-state index in [9.17, 15) is 22.3 Å². The molecular weight excluding hydrogens is 274 g/mol. The zero-order valence-electron chi connectivity index (χ0n) is 10.4. The molecule has 0 bridgehead atoms. The summed E-state index contributed by atoms with van der Waals surface area (Å²) in [6.07, 6.45) is 0.321. The fourth-order valence-corrected chi connectivity index (χ4v) is 4.48. The highest BCUT2D eigenvalue weighted by molar-refractivity contribution is 7.92. The van der Waals surface area contributed by atoms with E-state index in [-0.39, 0.29) is 17.7 Å². The van der Waals surface area contributed by atoms with Crippen molar-refractivity contribution in [3.05, 3.63) is 35.4 Å². The maximum Gasteiger partial charge on any atom is 0.155 e. The van der Waals surface area contributed by atoms with Gasteiger partial charge in [-0.3, -0.25) is 0 Å². The van der Waals surface area contributed by atoms with E-state index in [0.29, 0.717) is 12.8 Å². The van der Waals surface area contributed by atoms with Crippen molar-refractivity contribution in [3.8, 4) is 0 Å². The predicted octanol–water partition coefficient (Wildman–Crippen LogP) is 1.84. The van der Waals surface area contributed by atoms with Crippen molar-refractivity contribution in [2.24, 2.45) is 0 Å². The third-order valence-electron chi connectivity index (χ3n) is 3.49. The topological polar surface area (TPSA) is 54.4 Å². The van der Waals surface area contributed by atoms with E-state index in [1.165, 1.54) is 0 Å². The minimum absolute atomic E-state index is 0.00766. The van der Waals surface area contributed by atoms with Gasteiger partial charge in [0.2, 0.25) is 0 Å². The number of rotatable bonds is 3. The van der Waals surface area contributed by atoms with Crippen molar-refractivity contribution < 1.29 is 22.3 Å². The number of sulfone groups is 1. The zero-order chi connectivity index (χ0) is 14.0. The highest BCUT2D eigenvalue weighted by Gasteiger charge is 2.34. The average Bonchev–Trinajstić information content (AvgIpc) is 2.33. The fourth-order valence-electron chi connectivity index (χ4n) is 2.47. The summed E-state index contributed by atoms with van der Waals surface area (Å²) >= 11 is 0. The number of halogens is 2. The Kier molecular flexibility index (Phi) is 4.20. The van der Waals surface area contributed by atoms with Crippen LogP contribution in [0.5, 0.6) is 0 Å². The van der Waals surface area contributed by atoms with E-state index in [4.69, 9.17) is 0 Å². The third kappa shape index (κ3) is 3.30. The van der Waals surface area contributed by atoms with Crippen LogP contribution in [0.4, 0.5) is 8.78 Å². The number of benzene rings is 1. The number of hydrogen-bond acceptors (Lipinski definition) is 3. The molecule has 0 aliphatic carbocycles. The summed E-state index contributed by atoms with van der Waals surface area (Å²) in [6.45, 7) is 0. The molecule has 19 heavy (non-hydrogen) atoms.